The summed E-state index contributed by atoms with van der Waals surface area (Å²) in [6.07, 6.45) is 0. The van der Waals surface area contributed by atoms with Crippen LogP contribution in [-0.2, 0) is 14.9 Å². The number of fused-ring (bicyclic) bond motifs is 1. The summed E-state index contributed by atoms with van der Waals surface area (Å²) in [7, 11) is -4.38. The second-order valence-corrected chi connectivity index (χ2v) is 5.46. The van der Waals surface area contributed by atoms with Crippen LogP contribution in [0.1, 0.15) is 6.92 Å². The van der Waals surface area contributed by atoms with E-state index in [9.17, 15) is 18.3 Å². The molecule has 2 aromatic rings. The molecule has 0 saturated heterocycles. The van der Waals surface area contributed by atoms with Crippen LogP contribution in [0.25, 0.3) is 10.8 Å². The van der Waals surface area contributed by atoms with E-state index in [-0.39, 0.29) is 16.6 Å². The number of aromatic hydroxyl groups is 1. The molecule has 0 aliphatic rings. The van der Waals surface area contributed by atoms with Crippen LogP contribution in [0.15, 0.2) is 35.2 Å². The van der Waals surface area contributed by atoms with E-state index < -0.39 is 10.1 Å². The van der Waals surface area contributed by atoms with Crippen LogP contribution in [-0.4, -0.2) is 24.0 Å². The van der Waals surface area contributed by atoms with Crippen molar-refractivity contribution in [2.45, 2.75) is 11.8 Å². The fourth-order valence-electron chi connectivity index (χ4n) is 1.74. The Labute approximate surface area is 109 Å². The third-order valence-corrected chi connectivity index (χ3v) is 3.36. The summed E-state index contributed by atoms with van der Waals surface area (Å²) in [5.41, 5.74) is 0.481. The summed E-state index contributed by atoms with van der Waals surface area (Å²) >= 11 is 0. The molecule has 2 aromatic carbocycles. The Morgan fingerprint density at radius 1 is 1.21 bits per heavy atom. The molecule has 19 heavy (non-hydrogen) atoms. The van der Waals surface area contributed by atoms with E-state index >= 15 is 0 Å². The maximum absolute atomic E-state index is 11.0. The van der Waals surface area contributed by atoms with E-state index in [1.54, 1.807) is 6.07 Å². The number of anilines is 1. The maximum atomic E-state index is 11.0. The van der Waals surface area contributed by atoms with E-state index in [1.807, 2.05) is 0 Å². The molecule has 0 unspecified atom stereocenters. The number of carbonyl (C=O) groups excluding carboxylic acids is 1. The van der Waals surface area contributed by atoms with Crippen molar-refractivity contribution >= 4 is 32.5 Å². The first-order chi connectivity index (χ1) is 8.77. The van der Waals surface area contributed by atoms with Gasteiger partial charge in [-0.05, 0) is 23.6 Å². The molecule has 100 valence electrons. The number of phenolic OH excluding ortho intramolecular Hbond substituents is 1. The molecular weight excluding hydrogens is 270 g/mol. The number of rotatable bonds is 2. The Balaban J connectivity index is 2.63. The average Bonchev–Trinajstić information content (AvgIpc) is 2.27. The number of phenols is 1. The highest BCUT2D eigenvalue weighted by molar-refractivity contribution is 7.85. The maximum Gasteiger partial charge on any atom is 0.294 e. The quantitative estimate of drug-likeness (QED) is 0.727. The lowest BCUT2D eigenvalue weighted by Gasteiger charge is -2.07. The first-order valence-electron chi connectivity index (χ1n) is 5.29. The van der Waals surface area contributed by atoms with Gasteiger partial charge in [-0.3, -0.25) is 9.35 Å². The lowest BCUT2D eigenvalue weighted by atomic mass is 10.1. The van der Waals surface area contributed by atoms with Gasteiger partial charge < -0.3 is 10.4 Å². The Bertz CT molecular complexity index is 767. The highest BCUT2D eigenvalue weighted by atomic mass is 32.2. The van der Waals surface area contributed by atoms with Crippen LogP contribution in [0.4, 0.5) is 5.69 Å². The van der Waals surface area contributed by atoms with Gasteiger partial charge >= 0.3 is 0 Å². The van der Waals surface area contributed by atoms with Gasteiger partial charge in [0.1, 0.15) is 5.75 Å². The second-order valence-electron chi connectivity index (χ2n) is 4.03. The zero-order valence-electron chi connectivity index (χ0n) is 9.91. The minimum absolute atomic E-state index is 0.256. The van der Waals surface area contributed by atoms with Crippen LogP contribution >= 0.6 is 0 Å². The standard InChI is InChI=1S/C12H11NO5S/c1-7(14)13-9-3-2-8-4-10(19(16,17)18)6-12(15)11(8)5-9/h2-6,15H,1H3,(H,13,14)(H,16,17,18). The van der Waals surface area contributed by atoms with Crippen molar-refractivity contribution in [1.29, 1.82) is 0 Å². The molecule has 0 aromatic heterocycles. The summed E-state index contributed by atoms with van der Waals surface area (Å²) in [4.78, 5) is 10.5. The van der Waals surface area contributed by atoms with Crippen molar-refractivity contribution in [2.75, 3.05) is 5.32 Å². The van der Waals surface area contributed by atoms with Crippen molar-refractivity contribution in [1.82, 2.24) is 0 Å². The van der Waals surface area contributed by atoms with Gasteiger partial charge in [0, 0.05) is 24.1 Å². The van der Waals surface area contributed by atoms with Gasteiger partial charge in [0.15, 0.2) is 0 Å². The highest BCUT2D eigenvalue weighted by Crippen LogP contribution is 2.30. The van der Waals surface area contributed by atoms with Gasteiger partial charge in [0.25, 0.3) is 10.1 Å². The number of carbonyl (C=O) groups is 1. The molecule has 0 aliphatic carbocycles. The third kappa shape index (κ3) is 2.83. The molecule has 7 heteroatoms. The van der Waals surface area contributed by atoms with Gasteiger partial charge in [-0.2, -0.15) is 8.42 Å². The molecule has 0 atom stereocenters. The molecule has 0 radical (unpaired) electrons. The summed E-state index contributed by atoms with van der Waals surface area (Å²) in [6.45, 7) is 1.35. The minimum Gasteiger partial charge on any atom is -0.507 e. The van der Waals surface area contributed by atoms with Crippen LogP contribution in [0, 0.1) is 0 Å². The molecule has 0 spiro atoms. The minimum atomic E-state index is -4.38. The Hall–Kier alpha value is -2.12. The lowest BCUT2D eigenvalue weighted by Crippen LogP contribution is -2.05. The second kappa shape index (κ2) is 4.52. The van der Waals surface area contributed by atoms with E-state index in [1.165, 1.54) is 25.1 Å². The predicted molar refractivity (Wildman–Crippen MR) is 69.7 cm³/mol. The number of nitrogens with one attached hydrogen (secondary N) is 1. The van der Waals surface area contributed by atoms with Crippen LogP contribution in [0.5, 0.6) is 5.75 Å². The number of amides is 1. The van der Waals surface area contributed by atoms with Gasteiger partial charge in [-0.15, -0.1) is 0 Å². The molecule has 6 nitrogen and oxygen atoms in total. The number of hydrogen-bond acceptors (Lipinski definition) is 4. The summed E-state index contributed by atoms with van der Waals surface area (Å²) in [5, 5.41) is 13.1. The molecule has 0 heterocycles. The third-order valence-electron chi connectivity index (χ3n) is 2.52. The predicted octanol–water partition coefficient (Wildman–Crippen LogP) is 1.75. The van der Waals surface area contributed by atoms with Crippen molar-refractivity contribution in [3.63, 3.8) is 0 Å². The SMILES string of the molecule is CC(=O)Nc1ccc2cc(S(=O)(=O)O)cc(O)c2c1. The molecule has 0 saturated carbocycles. The summed E-state index contributed by atoms with van der Waals surface area (Å²) < 4.78 is 31.0. The van der Waals surface area contributed by atoms with Crippen molar-refractivity contribution in [2.24, 2.45) is 0 Å². The molecule has 1 amide bonds. The fourth-order valence-corrected chi connectivity index (χ4v) is 2.28. The normalized spacial score (nSPS) is 11.5. The molecule has 0 fully saturated rings. The van der Waals surface area contributed by atoms with E-state index in [0.717, 1.165) is 6.07 Å². The molecule has 3 N–H and O–H groups in total. The van der Waals surface area contributed by atoms with Crippen LogP contribution in [0.3, 0.4) is 0 Å². The summed E-state index contributed by atoms with van der Waals surface area (Å²) in [5.74, 6) is -0.550. The largest absolute Gasteiger partial charge is 0.507 e. The van der Waals surface area contributed by atoms with E-state index in [4.69, 9.17) is 4.55 Å². The van der Waals surface area contributed by atoms with Crippen molar-refractivity contribution < 1.29 is 22.9 Å². The van der Waals surface area contributed by atoms with E-state index in [0.29, 0.717) is 16.5 Å². The first kappa shape index (κ1) is 13.3. The summed E-state index contributed by atoms with van der Waals surface area (Å²) in [6, 6.07) is 6.81. The Morgan fingerprint density at radius 3 is 2.47 bits per heavy atom. The molecule has 2 rings (SSSR count). The lowest BCUT2D eigenvalue weighted by molar-refractivity contribution is -0.114. The first-order valence-corrected chi connectivity index (χ1v) is 6.73. The van der Waals surface area contributed by atoms with Crippen LogP contribution < -0.4 is 5.32 Å². The number of hydrogen-bond donors (Lipinski definition) is 3. The zero-order valence-corrected chi connectivity index (χ0v) is 10.7. The average molecular weight is 281 g/mol. The van der Waals surface area contributed by atoms with Crippen molar-refractivity contribution in [3.8, 4) is 5.75 Å². The molecule has 0 aliphatic heterocycles. The van der Waals surface area contributed by atoms with E-state index in [2.05, 4.69) is 5.32 Å². The van der Waals surface area contributed by atoms with Crippen molar-refractivity contribution in [3.05, 3.63) is 30.3 Å². The van der Waals surface area contributed by atoms with Gasteiger partial charge in [0.05, 0.1) is 4.90 Å². The highest BCUT2D eigenvalue weighted by Gasteiger charge is 2.13. The van der Waals surface area contributed by atoms with Gasteiger partial charge in [-0.25, -0.2) is 0 Å². The smallest absolute Gasteiger partial charge is 0.294 e. The Kier molecular flexibility index (Phi) is 3.17. The zero-order chi connectivity index (χ0) is 14.2. The monoisotopic (exact) mass is 281 g/mol. The van der Waals surface area contributed by atoms with Gasteiger partial charge in [0.2, 0.25) is 5.91 Å². The fraction of sp³-hybridized carbons (Fsp3) is 0.0833. The molecular formula is C12H11NO5S. The topological polar surface area (TPSA) is 104 Å². The van der Waals surface area contributed by atoms with Gasteiger partial charge in [-0.1, -0.05) is 6.07 Å². The molecule has 0 bridgehead atoms. The van der Waals surface area contributed by atoms with Crippen LogP contribution in [0.2, 0.25) is 0 Å². The Morgan fingerprint density at radius 2 is 1.89 bits per heavy atom. The number of benzene rings is 2.